The molecule has 0 unspecified atom stereocenters. The van der Waals surface area contributed by atoms with Gasteiger partial charge in [0.2, 0.25) is 11.8 Å². The molecule has 1 amide bonds. The third kappa shape index (κ3) is 4.09. The maximum Gasteiger partial charge on any atom is 0.228 e. The Morgan fingerprint density at radius 1 is 1.21 bits per heavy atom. The summed E-state index contributed by atoms with van der Waals surface area (Å²) < 4.78 is 18.8. The second-order valence-corrected chi connectivity index (χ2v) is 7.60. The van der Waals surface area contributed by atoms with Gasteiger partial charge in [-0.25, -0.2) is 9.37 Å². The van der Waals surface area contributed by atoms with Crippen molar-refractivity contribution >= 4 is 17.5 Å². The Morgan fingerprint density at radius 3 is 2.54 bits per heavy atom. The number of benzene rings is 2. The van der Waals surface area contributed by atoms with Crippen LogP contribution in [0.15, 0.2) is 59.2 Å². The van der Waals surface area contributed by atoms with Crippen LogP contribution in [0.25, 0.3) is 11.5 Å². The third-order valence-electron chi connectivity index (χ3n) is 5.07. The molecular formula is C22H20ClFN2O2. The molecule has 1 aliphatic rings. The van der Waals surface area contributed by atoms with E-state index in [1.807, 2.05) is 12.1 Å². The number of oxazole rings is 1. The van der Waals surface area contributed by atoms with Crippen LogP contribution >= 0.6 is 11.6 Å². The van der Waals surface area contributed by atoms with E-state index in [9.17, 15) is 9.18 Å². The average molecular weight is 399 g/mol. The molecule has 3 aromatic rings. The van der Waals surface area contributed by atoms with Crippen molar-refractivity contribution in [3.05, 3.63) is 76.9 Å². The van der Waals surface area contributed by atoms with Crippen molar-refractivity contribution in [2.75, 3.05) is 7.05 Å². The number of rotatable bonds is 6. The van der Waals surface area contributed by atoms with Crippen LogP contribution in [0.1, 0.15) is 30.1 Å². The minimum atomic E-state index is -0.274. The van der Waals surface area contributed by atoms with Gasteiger partial charge in [0.15, 0.2) is 0 Å². The van der Waals surface area contributed by atoms with Crippen LogP contribution in [0, 0.1) is 11.7 Å². The van der Waals surface area contributed by atoms with Crippen LogP contribution in [0.3, 0.4) is 0 Å². The zero-order valence-corrected chi connectivity index (χ0v) is 16.2. The minimum absolute atomic E-state index is 0.0443. The van der Waals surface area contributed by atoms with Crippen molar-refractivity contribution in [1.82, 2.24) is 9.88 Å². The van der Waals surface area contributed by atoms with Crippen molar-refractivity contribution in [1.29, 1.82) is 0 Å². The first-order valence-electron chi connectivity index (χ1n) is 9.23. The molecular weight excluding hydrogens is 379 g/mol. The van der Waals surface area contributed by atoms with Crippen molar-refractivity contribution < 1.29 is 13.6 Å². The Bertz CT molecular complexity index is 965. The van der Waals surface area contributed by atoms with Gasteiger partial charge in [0.1, 0.15) is 12.1 Å². The van der Waals surface area contributed by atoms with E-state index in [1.54, 1.807) is 36.2 Å². The molecule has 0 spiro atoms. The van der Waals surface area contributed by atoms with Gasteiger partial charge in [0.05, 0.1) is 18.2 Å². The van der Waals surface area contributed by atoms with E-state index in [0.717, 1.165) is 24.0 Å². The van der Waals surface area contributed by atoms with Gasteiger partial charge in [-0.15, -0.1) is 0 Å². The van der Waals surface area contributed by atoms with Gasteiger partial charge in [-0.1, -0.05) is 23.7 Å². The van der Waals surface area contributed by atoms with Gasteiger partial charge in [-0.05, 0) is 60.7 Å². The monoisotopic (exact) mass is 398 g/mol. The highest BCUT2D eigenvalue weighted by Gasteiger charge is 2.37. The first-order chi connectivity index (χ1) is 13.5. The lowest BCUT2D eigenvalue weighted by molar-refractivity contribution is -0.131. The van der Waals surface area contributed by atoms with E-state index in [0.29, 0.717) is 22.5 Å². The molecule has 4 rings (SSSR count). The fourth-order valence-corrected chi connectivity index (χ4v) is 3.56. The molecule has 1 fully saturated rings. The molecule has 28 heavy (non-hydrogen) atoms. The first kappa shape index (κ1) is 18.7. The molecule has 144 valence electrons. The number of hydrogen-bond donors (Lipinski definition) is 0. The summed E-state index contributed by atoms with van der Waals surface area (Å²) in [5, 5.41) is 0.638. The first-order valence-corrected chi connectivity index (χ1v) is 9.60. The summed E-state index contributed by atoms with van der Waals surface area (Å²) in [6.07, 6.45) is 3.81. The van der Waals surface area contributed by atoms with Gasteiger partial charge in [0.25, 0.3) is 0 Å². The molecule has 1 atom stereocenters. The number of halogens is 2. The molecule has 0 radical (unpaired) electrons. The van der Waals surface area contributed by atoms with Gasteiger partial charge in [-0.2, -0.15) is 0 Å². The van der Waals surface area contributed by atoms with Crippen molar-refractivity contribution in [2.45, 2.75) is 25.3 Å². The number of hydrogen-bond acceptors (Lipinski definition) is 3. The van der Waals surface area contributed by atoms with Gasteiger partial charge >= 0.3 is 0 Å². The van der Waals surface area contributed by atoms with Crippen molar-refractivity contribution in [3.8, 4) is 11.5 Å². The standard InChI is InChI=1S/C22H20ClFN2O2/c1-26(21(14-2-3-14)15-6-10-18(24)11-7-15)20(27)12-19-13-28-22(25-19)16-4-8-17(23)9-5-16/h4-11,13-14,21H,2-3,12H2,1H3/t21-/m1/s1. The smallest absolute Gasteiger partial charge is 0.228 e. The lowest BCUT2D eigenvalue weighted by atomic mass is 10.0. The molecule has 1 aromatic heterocycles. The zero-order chi connectivity index (χ0) is 19.7. The van der Waals surface area contributed by atoms with E-state index < -0.39 is 0 Å². The van der Waals surface area contributed by atoms with Crippen molar-refractivity contribution in [3.63, 3.8) is 0 Å². The molecule has 0 N–H and O–H groups in total. The van der Waals surface area contributed by atoms with Crippen molar-refractivity contribution in [2.24, 2.45) is 5.92 Å². The lowest BCUT2D eigenvalue weighted by Crippen LogP contribution is -2.33. The number of nitrogens with zero attached hydrogens (tertiary/aromatic N) is 2. The third-order valence-corrected chi connectivity index (χ3v) is 5.32. The zero-order valence-electron chi connectivity index (χ0n) is 15.4. The summed E-state index contributed by atoms with van der Waals surface area (Å²) >= 11 is 5.91. The SMILES string of the molecule is CN(C(=O)Cc1coc(-c2ccc(Cl)cc2)n1)[C@@H](c1ccc(F)cc1)C1CC1. The summed E-state index contributed by atoms with van der Waals surface area (Å²) in [7, 11) is 1.80. The van der Waals surface area contributed by atoms with Gasteiger partial charge < -0.3 is 9.32 Å². The van der Waals surface area contributed by atoms with E-state index in [2.05, 4.69) is 4.98 Å². The average Bonchev–Trinajstić information content (AvgIpc) is 3.42. The normalized spacial score (nSPS) is 14.7. The van der Waals surface area contributed by atoms with Crippen LogP contribution in [-0.2, 0) is 11.2 Å². The number of aromatic nitrogens is 1. The number of likely N-dealkylation sites (N-methyl/N-ethyl adjacent to an activating group) is 1. The van der Waals surface area contributed by atoms with Gasteiger partial charge in [0, 0.05) is 17.6 Å². The van der Waals surface area contributed by atoms with E-state index in [1.165, 1.54) is 18.4 Å². The molecule has 1 aliphatic carbocycles. The molecule has 2 aromatic carbocycles. The fourth-order valence-electron chi connectivity index (χ4n) is 3.43. The second-order valence-electron chi connectivity index (χ2n) is 7.17. The Balaban J connectivity index is 1.48. The summed E-state index contributed by atoms with van der Waals surface area (Å²) in [5.41, 5.74) is 2.34. The van der Waals surface area contributed by atoms with Gasteiger partial charge in [-0.3, -0.25) is 4.79 Å². The molecule has 4 nitrogen and oxygen atoms in total. The Labute approximate surface area is 167 Å². The topological polar surface area (TPSA) is 46.3 Å². The van der Waals surface area contributed by atoms with E-state index in [-0.39, 0.29) is 24.2 Å². The number of carbonyl (C=O) groups is 1. The maximum absolute atomic E-state index is 13.3. The van der Waals surface area contributed by atoms with E-state index in [4.69, 9.17) is 16.0 Å². The molecule has 1 heterocycles. The minimum Gasteiger partial charge on any atom is -0.444 e. The Morgan fingerprint density at radius 2 is 1.89 bits per heavy atom. The summed E-state index contributed by atoms with van der Waals surface area (Å²) in [5.74, 6) is 0.558. The molecule has 0 bridgehead atoms. The largest absolute Gasteiger partial charge is 0.444 e. The number of amides is 1. The molecule has 0 saturated heterocycles. The molecule has 6 heteroatoms. The van der Waals surface area contributed by atoms with Crippen LogP contribution in [0.2, 0.25) is 5.02 Å². The Hall–Kier alpha value is -2.66. The van der Waals surface area contributed by atoms with E-state index >= 15 is 0 Å². The van der Waals surface area contributed by atoms with Crippen LogP contribution in [0.4, 0.5) is 4.39 Å². The lowest BCUT2D eigenvalue weighted by Gasteiger charge is -2.28. The quantitative estimate of drug-likeness (QED) is 0.567. The predicted molar refractivity (Wildman–Crippen MR) is 105 cm³/mol. The highest BCUT2D eigenvalue weighted by atomic mass is 35.5. The second kappa shape index (κ2) is 7.76. The summed E-state index contributed by atoms with van der Waals surface area (Å²) in [6.45, 7) is 0. The summed E-state index contributed by atoms with van der Waals surface area (Å²) in [4.78, 5) is 19.1. The fraction of sp³-hybridized carbons (Fsp3) is 0.273. The highest BCUT2D eigenvalue weighted by molar-refractivity contribution is 6.30. The number of carbonyl (C=O) groups excluding carboxylic acids is 1. The molecule has 0 aliphatic heterocycles. The Kier molecular flexibility index (Phi) is 5.18. The van der Waals surface area contributed by atoms with Crippen LogP contribution in [-0.4, -0.2) is 22.8 Å². The summed E-state index contributed by atoms with van der Waals surface area (Å²) in [6, 6.07) is 13.5. The maximum atomic E-state index is 13.3. The highest BCUT2D eigenvalue weighted by Crippen LogP contribution is 2.44. The predicted octanol–water partition coefficient (Wildman–Crippen LogP) is 5.29. The molecule has 1 saturated carbocycles. The van der Waals surface area contributed by atoms with Crippen LogP contribution < -0.4 is 0 Å². The van der Waals surface area contributed by atoms with Crippen LogP contribution in [0.5, 0.6) is 0 Å².